The third kappa shape index (κ3) is 3.00. The van der Waals surface area contributed by atoms with Crippen molar-refractivity contribution in [2.24, 2.45) is 5.92 Å². The second kappa shape index (κ2) is 5.98. The molecule has 0 saturated carbocycles. The minimum absolute atomic E-state index is 0.156. The van der Waals surface area contributed by atoms with E-state index in [-0.39, 0.29) is 10.6 Å². The lowest BCUT2D eigenvalue weighted by molar-refractivity contribution is -0.384. The number of halogens is 1. The first-order valence-electron chi connectivity index (χ1n) is 7.10. The van der Waals surface area contributed by atoms with E-state index >= 15 is 0 Å². The first-order valence-corrected chi connectivity index (χ1v) is 8.02. The number of nitrogens with zero attached hydrogens (tertiary/aromatic N) is 1. The molecule has 1 aliphatic rings. The highest BCUT2D eigenvalue weighted by atomic mass is 79.9. The van der Waals surface area contributed by atoms with E-state index in [1.165, 1.54) is 11.1 Å². The fourth-order valence-electron chi connectivity index (χ4n) is 3.03. The zero-order chi connectivity index (χ0) is 14.8. The Labute approximate surface area is 132 Å². The van der Waals surface area contributed by atoms with Crippen molar-refractivity contribution in [3.8, 4) is 0 Å². The highest BCUT2D eigenvalue weighted by molar-refractivity contribution is 9.09. The maximum absolute atomic E-state index is 10.7. The van der Waals surface area contributed by atoms with Crippen LogP contribution in [0.5, 0.6) is 0 Å². The molecule has 2 atom stereocenters. The number of fused-ring (bicyclic) bond motifs is 1. The molecular formula is C17H16BrNO2. The molecule has 2 aromatic rings. The van der Waals surface area contributed by atoms with Gasteiger partial charge in [-0.2, -0.15) is 0 Å². The Kier molecular flexibility index (Phi) is 4.06. The van der Waals surface area contributed by atoms with Crippen molar-refractivity contribution < 1.29 is 4.92 Å². The van der Waals surface area contributed by atoms with Gasteiger partial charge >= 0.3 is 0 Å². The number of benzene rings is 2. The van der Waals surface area contributed by atoms with Gasteiger partial charge in [0.15, 0.2) is 0 Å². The van der Waals surface area contributed by atoms with E-state index in [1.807, 2.05) is 12.1 Å². The SMILES string of the molecule is O=[N+]([O-])c1ccc(CC2CCc3ccccc3C2Br)cc1. The molecule has 21 heavy (non-hydrogen) atoms. The number of aryl methyl sites for hydroxylation is 1. The lowest BCUT2D eigenvalue weighted by Gasteiger charge is -2.30. The molecule has 0 amide bonds. The van der Waals surface area contributed by atoms with E-state index in [0.717, 1.165) is 24.8 Å². The van der Waals surface area contributed by atoms with Gasteiger partial charge in [0, 0.05) is 17.0 Å². The largest absolute Gasteiger partial charge is 0.269 e. The summed E-state index contributed by atoms with van der Waals surface area (Å²) in [5, 5.41) is 10.7. The van der Waals surface area contributed by atoms with Gasteiger partial charge in [-0.15, -0.1) is 0 Å². The van der Waals surface area contributed by atoms with Crippen LogP contribution in [0.25, 0.3) is 0 Å². The molecule has 0 fully saturated rings. The Balaban J connectivity index is 1.75. The zero-order valence-electron chi connectivity index (χ0n) is 11.5. The van der Waals surface area contributed by atoms with Crippen LogP contribution in [0.1, 0.15) is 27.9 Å². The van der Waals surface area contributed by atoms with Crippen molar-refractivity contribution in [3.05, 3.63) is 75.3 Å². The Morgan fingerprint density at radius 2 is 1.86 bits per heavy atom. The van der Waals surface area contributed by atoms with Crippen molar-refractivity contribution in [2.45, 2.75) is 24.1 Å². The Bertz CT molecular complexity index is 654. The minimum Gasteiger partial charge on any atom is -0.258 e. The summed E-state index contributed by atoms with van der Waals surface area (Å²) in [6.45, 7) is 0. The molecular weight excluding hydrogens is 330 g/mol. The number of non-ortho nitro benzene ring substituents is 1. The van der Waals surface area contributed by atoms with Crippen LogP contribution in [-0.4, -0.2) is 4.92 Å². The molecule has 2 unspecified atom stereocenters. The molecule has 1 aliphatic carbocycles. The number of hydrogen-bond acceptors (Lipinski definition) is 2. The summed E-state index contributed by atoms with van der Waals surface area (Å²) >= 11 is 3.84. The third-order valence-corrected chi connectivity index (χ3v) is 5.44. The molecule has 0 spiro atoms. The van der Waals surface area contributed by atoms with Gasteiger partial charge in [0.05, 0.1) is 4.92 Å². The normalized spacial score (nSPS) is 20.8. The molecule has 0 heterocycles. The lowest BCUT2D eigenvalue weighted by atomic mass is 9.81. The van der Waals surface area contributed by atoms with Crippen LogP contribution in [0, 0.1) is 16.0 Å². The van der Waals surface area contributed by atoms with E-state index in [2.05, 4.69) is 40.2 Å². The van der Waals surface area contributed by atoms with Crippen LogP contribution in [0.4, 0.5) is 5.69 Å². The van der Waals surface area contributed by atoms with Crippen molar-refractivity contribution >= 4 is 21.6 Å². The third-order valence-electron chi connectivity index (χ3n) is 4.20. The fraction of sp³-hybridized carbons (Fsp3) is 0.294. The Morgan fingerprint density at radius 1 is 1.14 bits per heavy atom. The summed E-state index contributed by atoms with van der Waals surface area (Å²) in [5.41, 5.74) is 4.13. The van der Waals surface area contributed by atoms with Crippen LogP contribution in [0.3, 0.4) is 0 Å². The van der Waals surface area contributed by atoms with Gasteiger partial charge in [0.2, 0.25) is 0 Å². The number of alkyl halides is 1. The molecule has 0 aromatic heterocycles. The molecule has 3 nitrogen and oxygen atoms in total. The van der Waals surface area contributed by atoms with Gasteiger partial charge in [0.25, 0.3) is 5.69 Å². The highest BCUT2D eigenvalue weighted by Crippen LogP contribution is 2.41. The van der Waals surface area contributed by atoms with Crippen molar-refractivity contribution in [1.29, 1.82) is 0 Å². The Hall–Kier alpha value is -1.68. The number of hydrogen-bond donors (Lipinski definition) is 0. The van der Waals surface area contributed by atoms with E-state index in [1.54, 1.807) is 12.1 Å². The number of nitro groups is 1. The topological polar surface area (TPSA) is 43.1 Å². The van der Waals surface area contributed by atoms with Crippen LogP contribution >= 0.6 is 15.9 Å². The summed E-state index contributed by atoms with van der Waals surface area (Å²) < 4.78 is 0. The van der Waals surface area contributed by atoms with E-state index in [0.29, 0.717) is 10.7 Å². The van der Waals surface area contributed by atoms with Gasteiger partial charge in [-0.05, 0) is 41.9 Å². The van der Waals surface area contributed by atoms with E-state index in [4.69, 9.17) is 0 Å². The summed E-state index contributed by atoms with van der Waals surface area (Å²) in [7, 11) is 0. The maximum Gasteiger partial charge on any atom is 0.269 e. The average Bonchev–Trinajstić information content (AvgIpc) is 2.51. The molecule has 3 rings (SSSR count). The summed E-state index contributed by atoms with van der Waals surface area (Å²) in [5.74, 6) is 0.529. The summed E-state index contributed by atoms with van der Waals surface area (Å²) in [4.78, 5) is 10.7. The first kappa shape index (κ1) is 14.3. The van der Waals surface area contributed by atoms with Crippen LogP contribution < -0.4 is 0 Å². The van der Waals surface area contributed by atoms with Gasteiger partial charge in [-0.1, -0.05) is 52.3 Å². The molecule has 108 valence electrons. The average molecular weight is 346 g/mol. The van der Waals surface area contributed by atoms with Crippen LogP contribution in [0.15, 0.2) is 48.5 Å². The second-order valence-electron chi connectivity index (χ2n) is 5.53. The van der Waals surface area contributed by atoms with E-state index in [9.17, 15) is 10.1 Å². The highest BCUT2D eigenvalue weighted by Gasteiger charge is 2.27. The van der Waals surface area contributed by atoms with E-state index < -0.39 is 0 Å². The molecule has 4 heteroatoms. The summed E-state index contributed by atoms with van der Waals surface area (Å²) in [6.07, 6.45) is 3.20. The van der Waals surface area contributed by atoms with Crippen LogP contribution in [0.2, 0.25) is 0 Å². The molecule has 0 saturated heterocycles. The number of nitro benzene ring substituents is 1. The fourth-order valence-corrected chi connectivity index (χ4v) is 3.93. The maximum atomic E-state index is 10.7. The van der Waals surface area contributed by atoms with Crippen molar-refractivity contribution in [3.63, 3.8) is 0 Å². The molecule has 0 bridgehead atoms. The first-order chi connectivity index (χ1) is 10.1. The van der Waals surface area contributed by atoms with Gasteiger partial charge in [0.1, 0.15) is 0 Å². The lowest BCUT2D eigenvalue weighted by Crippen LogP contribution is -2.18. The van der Waals surface area contributed by atoms with Gasteiger partial charge in [-0.3, -0.25) is 10.1 Å². The quantitative estimate of drug-likeness (QED) is 0.454. The van der Waals surface area contributed by atoms with Crippen molar-refractivity contribution in [2.75, 3.05) is 0 Å². The minimum atomic E-state index is -0.353. The van der Waals surface area contributed by atoms with Gasteiger partial charge < -0.3 is 0 Å². The summed E-state index contributed by atoms with van der Waals surface area (Å²) in [6, 6.07) is 15.5. The predicted octanol–water partition coefficient (Wildman–Crippen LogP) is 4.84. The molecule has 2 aromatic carbocycles. The molecule has 0 radical (unpaired) electrons. The Morgan fingerprint density at radius 3 is 2.57 bits per heavy atom. The van der Waals surface area contributed by atoms with Crippen molar-refractivity contribution in [1.82, 2.24) is 0 Å². The van der Waals surface area contributed by atoms with Crippen LogP contribution in [-0.2, 0) is 12.8 Å². The zero-order valence-corrected chi connectivity index (χ0v) is 13.1. The monoisotopic (exact) mass is 345 g/mol. The predicted molar refractivity (Wildman–Crippen MR) is 86.7 cm³/mol. The number of rotatable bonds is 3. The molecule has 0 aliphatic heterocycles. The standard InChI is InChI=1S/C17H16BrNO2/c18-17-14(8-7-13-3-1-2-4-16(13)17)11-12-5-9-15(10-6-12)19(20)21/h1-6,9-10,14,17H,7-8,11H2. The second-order valence-corrected chi connectivity index (χ2v) is 6.51. The van der Waals surface area contributed by atoms with Gasteiger partial charge in [-0.25, -0.2) is 0 Å². The molecule has 0 N–H and O–H groups in total. The smallest absolute Gasteiger partial charge is 0.258 e.